The average Bonchev–Trinajstić information content (AvgIpc) is 2.91. The Kier molecular flexibility index (Phi) is 5.12. The van der Waals surface area contributed by atoms with Crippen molar-refractivity contribution in [2.24, 2.45) is 0 Å². The summed E-state index contributed by atoms with van der Waals surface area (Å²) in [6.45, 7) is 0.321. The van der Waals surface area contributed by atoms with Gasteiger partial charge in [-0.25, -0.2) is 0 Å². The van der Waals surface area contributed by atoms with E-state index >= 15 is 0 Å². The van der Waals surface area contributed by atoms with Gasteiger partial charge < -0.3 is 15.7 Å². The van der Waals surface area contributed by atoms with Crippen molar-refractivity contribution < 1.29 is 14.7 Å². The smallest absolute Gasteiger partial charge is 0.307 e. The largest absolute Gasteiger partial charge is 0.481 e. The molecule has 1 fully saturated rings. The number of carboxylic acid groups (broad SMARTS) is 1. The Morgan fingerprint density at radius 1 is 1.15 bits per heavy atom. The van der Waals surface area contributed by atoms with Crippen LogP contribution in [0.2, 0.25) is 0 Å². The Morgan fingerprint density at radius 3 is 2.40 bits per heavy atom. The molecule has 0 saturated heterocycles. The van der Waals surface area contributed by atoms with Crippen molar-refractivity contribution in [1.29, 1.82) is 0 Å². The second-order valence-corrected chi connectivity index (χ2v) is 5.18. The van der Waals surface area contributed by atoms with Crippen LogP contribution in [0.15, 0.2) is 24.3 Å². The highest BCUT2D eigenvalue weighted by Gasteiger charge is 2.15. The molecule has 1 aliphatic carbocycles. The molecule has 0 bridgehead atoms. The second-order valence-electron chi connectivity index (χ2n) is 5.18. The van der Waals surface area contributed by atoms with Gasteiger partial charge in [0.25, 0.3) is 0 Å². The summed E-state index contributed by atoms with van der Waals surface area (Å²) in [7, 11) is 0. The summed E-state index contributed by atoms with van der Waals surface area (Å²) in [5.74, 6) is -0.926. The first-order chi connectivity index (χ1) is 9.63. The first kappa shape index (κ1) is 14.5. The first-order valence-electron chi connectivity index (χ1n) is 6.97. The van der Waals surface area contributed by atoms with Crippen LogP contribution in [0.4, 0.5) is 5.69 Å². The molecule has 108 valence electrons. The van der Waals surface area contributed by atoms with Crippen molar-refractivity contribution in [1.82, 2.24) is 5.32 Å². The van der Waals surface area contributed by atoms with Gasteiger partial charge in [-0.15, -0.1) is 0 Å². The maximum absolute atomic E-state index is 11.8. The van der Waals surface area contributed by atoms with E-state index in [9.17, 15) is 9.59 Å². The van der Waals surface area contributed by atoms with Crippen molar-refractivity contribution in [3.05, 3.63) is 29.8 Å². The van der Waals surface area contributed by atoms with E-state index in [1.54, 1.807) is 24.3 Å². The highest BCUT2D eigenvalue weighted by molar-refractivity contribution is 5.92. The Labute approximate surface area is 118 Å². The third-order valence-corrected chi connectivity index (χ3v) is 3.50. The molecule has 1 aliphatic rings. The third-order valence-electron chi connectivity index (χ3n) is 3.50. The zero-order valence-electron chi connectivity index (χ0n) is 11.4. The van der Waals surface area contributed by atoms with Crippen LogP contribution >= 0.6 is 0 Å². The number of benzene rings is 1. The van der Waals surface area contributed by atoms with Gasteiger partial charge in [0, 0.05) is 11.7 Å². The molecule has 5 nitrogen and oxygen atoms in total. The van der Waals surface area contributed by atoms with Gasteiger partial charge in [-0.05, 0) is 30.5 Å². The van der Waals surface area contributed by atoms with Crippen LogP contribution in [0, 0.1) is 0 Å². The summed E-state index contributed by atoms with van der Waals surface area (Å²) < 4.78 is 0. The highest BCUT2D eigenvalue weighted by atomic mass is 16.4. The summed E-state index contributed by atoms with van der Waals surface area (Å²) in [4.78, 5) is 22.3. The lowest BCUT2D eigenvalue weighted by molar-refractivity contribution is -0.136. The SMILES string of the molecule is O=C(O)Cc1ccc(NC(=O)CNC2CCCC2)cc1. The molecule has 0 spiro atoms. The van der Waals surface area contributed by atoms with Gasteiger partial charge >= 0.3 is 5.97 Å². The van der Waals surface area contributed by atoms with Gasteiger partial charge in [0.1, 0.15) is 0 Å². The van der Waals surface area contributed by atoms with Gasteiger partial charge in [0.15, 0.2) is 0 Å². The fourth-order valence-corrected chi connectivity index (χ4v) is 2.45. The molecule has 0 aromatic heterocycles. The Hall–Kier alpha value is -1.88. The molecule has 0 unspecified atom stereocenters. The summed E-state index contributed by atoms with van der Waals surface area (Å²) in [6.07, 6.45) is 4.78. The molecular formula is C15H20N2O3. The van der Waals surface area contributed by atoms with Gasteiger partial charge in [0.05, 0.1) is 13.0 Å². The molecule has 1 amide bonds. The number of aliphatic carboxylic acids is 1. The predicted molar refractivity (Wildman–Crippen MR) is 76.7 cm³/mol. The minimum atomic E-state index is -0.859. The molecule has 20 heavy (non-hydrogen) atoms. The van der Waals surface area contributed by atoms with E-state index in [4.69, 9.17) is 5.11 Å². The monoisotopic (exact) mass is 276 g/mol. The molecule has 1 aromatic rings. The highest BCUT2D eigenvalue weighted by Crippen LogP contribution is 2.17. The number of rotatable bonds is 6. The number of hydrogen-bond donors (Lipinski definition) is 3. The summed E-state index contributed by atoms with van der Waals surface area (Å²) >= 11 is 0. The Bertz CT molecular complexity index is 465. The molecule has 2 rings (SSSR count). The summed E-state index contributed by atoms with van der Waals surface area (Å²) in [5.41, 5.74) is 1.41. The maximum atomic E-state index is 11.8. The molecule has 1 aromatic carbocycles. The van der Waals surface area contributed by atoms with Crippen LogP contribution in [-0.4, -0.2) is 29.6 Å². The lowest BCUT2D eigenvalue weighted by atomic mass is 10.1. The van der Waals surface area contributed by atoms with Gasteiger partial charge in [-0.2, -0.15) is 0 Å². The Morgan fingerprint density at radius 2 is 1.80 bits per heavy atom. The zero-order valence-corrected chi connectivity index (χ0v) is 11.4. The van der Waals surface area contributed by atoms with E-state index in [-0.39, 0.29) is 12.3 Å². The number of carbonyl (C=O) groups is 2. The molecular weight excluding hydrogens is 256 g/mol. The number of amides is 1. The van der Waals surface area contributed by atoms with E-state index < -0.39 is 5.97 Å². The van der Waals surface area contributed by atoms with Crippen LogP contribution in [0.3, 0.4) is 0 Å². The van der Waals surface area contributed by atoms with Crippen LogP contribution in [0.25, 0.3) is 0 Å². The predicted octanol–water partition coefficient (Wildman–Crippen LogP) is 1.78. The van der Waals surface area contributed by atoms with Crippen molar-refractivity contribution in [2.75, 3.05) is 11.9 Å². The van der Waals surface area contributed by atoms with E-state index in [1.165, 1.54) is 12.8 Å². The number of nitrogens with one attached hydrogen (secondary N) is 2. The third kappa shape index (κ3) is 4.66. The molecule has 3 N–H and O–H groups in total. The zero-order chi connectivity index (χ0) is 14.4. The van der Waals surface area contributed by atoms with Crippen LogP contribution in [-0.2, 0) is 16.0 Å². The summed E-state index contributed by atoms with van der Waals surface area (Å²) in [5, 5.41) is 14.7. The molecule has 0 heterocycles. The topological polar surface area (TPSA) is 78.4 Å². The summed E-state index contributed by atoms with van der Waals surface area (Å²) in [6, 6.07) is 7.36. The van der Waals surface area contributed by atoms with E-state index in [0.29, 0.717) is 18.3 Å². The number of hydrogen-bond acceptors (Lipinski definition) is 3. The second kappa shape index (κ2) is 7.05. The minimum absolute atomic E-state index is 0.00252. The molecule has 1 saturated carbocycles. The molecule has 0 aliphatic heterocycles. The molecule has 0 atom stereocenters. The van der Waals surface area contributed by atoms with Gasteiger partial charge in [0.2, 0.25) is 5.91 Å². The van der Waals surface area contributed by atoms with Crippen molar-refractivity contribution >= 4 is 17.6 Å². The fraction of sp³-hybridized carbons (Fsp3) is 0.467. The first-order valence-corrected chi connectivity index (χ1v) is 6.97. The van der Waals surface area contributed by atoms with Crippen LogP contribution in [0.1, 0.15) is 31.2 Å². The normalized spacial score (nSPS) is 15.2. The number of carboxylic acids is 1. The number of anilines is 1. The Balaban J connectivity index is 1.76. The molecule has 0 radical (unpaired) electrons. The lowest BCUT2D eigenvalue weighted by Gasteiger charge is -2.11. The van der Waals surface area contributed by atoms with Crippen molar-refractivity contribution in [3.8, 4) is 0 Å². The van der Waals surface area contributed by atoms with E-state index in [2.05, 4.69) is 10.6 Å². The molecule has 5 heteroatoms. The average molecular weight is 276 g/mol. The fourth-order valence-electron chi connectivity index (χ4n) is 2.45. The van der Waals surface area contributed by atoms with E-state index in [1.807, 2.05) is 0 Å². The standard InChI is InChI=1S/C15H20N2O3/c18-14(10-16-12-3-1-2-4-12)17-13-7-5-11(6-8-13)9-15(19)20/h5-8,12,16H,1-4,9-10H2,(H,17,18)(H,19,20). The van der Waals surface area contributed by atoms with Crippen LogP contribution in [0.5, 0.6) is 0 Å². The number of carbonyl (C=O) groups excluding carboxylic acids is 1. The maximum Gasteiger partial charge on any atom is 0.307 e. The van der Waals surface area contributed by atoms with Crippen molar-refractivity contribution in [3.63, 3.8) is 0 Å². The minimum Gasteiger partial charge on any atom is -0.481 e. The van der Waals surface area contributed by atoms with Gasteiger partial charge in [-0.1, -0.05) is 25.0 Å². The van der Waals surface area contributed by atoms with Crippen molar-refractivity contribution in [2.45, 2.75) is 38.1 Å². The quantitative estimate of drug-likeness (QED) is 0.740. The van der Waals surface area contributed by atoms with E-state index in [0.717, 1.165) is 18.4 Å². The lowest BCUT2D eigenvalue weighted by Crippen LogP contribution is -2.34. The van der Waals surface area contributed by atoms with Gasteiger partial charge in [-0.3, -0.25) is 9.59 Å². The van der Waals surface area contributed by atoms with Crippen LogP contribution < -0.4 is 10.6 Å².